The highest BCUT2D eigenvalue weighted by Crippen LogP contribution is 2.38. The molecule has 2 aliphatic rings. The molecule has 1 spiro atoms. The SMILES string of the molecule is CSCCC1NC2(CCN(S(=O)(=O)c3ccccc3Cl)CC2)N(Cc2ccccc2[N+](=O)[O-])C1=O. The monoisotopic (exact) mass is 538 g/mol. The summed E-state index contributed by atoms with van der Waals surface area (Å²) < 4.78 is 27.9. The van der Waals surface area contributed by atoms with Gasteiger partial charge < -0.3 is 4.90 Å². The topological polar surface area (TPSA) is 113 Å². The highest BCUT2D eigenvalue weighted by Gasteiger charge is 2.52. The van der Waals surface area contributed by atoms with Gasteiger partial charge in [0.15, 0.2) is 0 Å². The number of rotatable bonds is 8. The van der Waals surface area contributed by atoms with Crippen molar-refractivity contribution in [1.82, 2.24) is 14.5 Å². The van der Waals surface area contributed by atoms with Gasteiger partial charge in [-0.2, -0.15) is 16.1 Å². The van der Waals surface area contributed by atoms with Crippen molar-refractivity contribution in [2.24, 2.45) is 0 Å². The molecule has 188 valence electrons. The molecule has 0 aromatic heterocycles. The third-order valence-corrected chi connectivity index (χ3v) is 9.70. The van der Waals surface area contributed by atoms with Gasteiger partial charge in [-0.25, -0.2) is 8.42 Å². The van der Waals surface area contributed by atoms with Crippen molar-refractivity contribution in [2.45, 2.75) is 42.4 Å². The van der Waals surface area contributed by atoms with Crippen molar-refractivity contribution in [3.8, 4) is 0 Å². The second-order valence-corrected chi connectivity index (χ2v) is 12.0. The van der Waals surface area contributed by atoms with Crippen LogP contribution in [0.4, 0.5) is 5.69 Å². The summed E-state index contributed by atoms with van der Waals surface area (Å²) in [5, 5.41) is 15.2. The predicted molar refractivity (Wildman–Crippen MR) is 136 cm³/mol. The first-order valence-electron chi connectivity index (χ1n) is 11.2. The van der Waals surface area contributed by atoms with E-state index in [-0.39, 0.29) is 41.1 Å². The van der Waals surface area contributed by atoms with E-state index in [1.54, 1.807) is 53.1 Å². The second kappa shape index (κ2) is 10.4. The van der Waals surface area contributed by atoms with Crippen molar-refractivity contribution in [3.63, 3.8) is 0 Å². The van der Waals surface area contributed by atoms with Crippen LogP contribution in [-0.4, -0.2) is 65.3 Å². The number of amides is 1. The molecule has 1 amide bonds. The number of nitrogens with zero attached hydrogens (tertiary/aromatic N) is 3. The predicted octanol–water partition coefficient (Wildman–Crippen LogP) is 3.48. The lowest BCUT2D eigenvalue weighted by Gasteiger charge is -2.44. The zero-order chi connectivity index (χ0) is 25.2. The van der Waals surface area contributed by atoms with E-state index < -0.39 is 26.7 Å². The third kappa shape index (κ3) is 5.05. The molecule has 2 heterocycles. The lowest BCUT2D eigenvalue weighted by Crippen LogP contribution is -2.59. The zero-order valence-corrected chi connectivity index (χ0v) is 21.6. The molecule has 0 aliphatic carbocycles. The van der Waals surface area contributed by atoms with Gasteiger partial charge in [-0.1, -0.05) is 41.9 Å². The van der Waals surface area contributed by atoms with E-state index in [1.165, 1.54) is 16.4 Å². The number of hydrogen-bond donors (Lipinski definition) is 1. The Morgan fingerprint density at radius 1 is 1.17 bits per heavy atom. The van der Waals surface area contributed by atoms with E-state index >= 15 is 0 Å². The van der Waals surface area contributed by atoms with E-state index in [1.807, 2.05) is 6.26 Å². The highest BCUT2D eigenvalue weighted by atomic mass is 35.5. The summed E-state index contributed by atoms with van der Waals surface area (Å²) in [6.07, 6.45) is 3.31. The lowest BCUT2D eigenvalue weighted by atomic mass is 9.96. The number of halogens is 1. The number of sulfonamides is 1. The zero-order valence-electron chi connectivity index (χ0n) is 19.2. The molecule has 35 heavy (non-hydrogen) atoms. The lowest BCUT2D eigenvalue weighted by molar-refractivity contribution is -0.385. The second-order valence-electron chi connectivity index (χ2n) is 8.65. The van der Waals surface area contributed by atoms with E-state index in [4.69, 9.17) is 11.6 Å². The van der Waals surface area contributed by atoms with Crippen LogP contribution in [0.3, 0.4) is 0 Å². The molecule has 2 aliphatic heterocycles. The summed E-state index contributed by atoms with van der Waals surface area (Å²) in [5.74, 6) is 0.672. The number of para-hydroxylation sites is 1. The normalized spacial score (nSPS) is 20.5. The van der Waals surface area contributed by atoms with Crippen LogP contribution in [0.15, 0.2) is 53.4 Å². The summed E-state index contributed by atoms with van der Waals surface area (Å²) in [6.45, 7) is 0.461. The van der Waals surface area contributed by atoms with Crippen LogP contribution in [0.25, 0.3) is 0 Å². The Labute approximate surface area is 214 Å². The third-order valence-electron chi connectivity index (χ3n) is 6.66. The first kappa shape index (κ1) is 25.9. The van der Waals surface area contributed by atoms with Gasteiger partial charge in [0.25, 0.3) is 5.69 Å². The quantitative estimate of drug-likeness (QED) is 0.404. The molecule has 9 nitrogen and oxygen atoms in total. The standard InChI is InChI=1S/C23H27ClN4O5S2/c1-34-15-10-19-22(29)27(16-17-6-2-4-8-20(17)28(30)31)23(25-19)11-13-26(14-12-23)35(32,33)21-9-5-3-7-18(21)24/h2-9,19,25H,10-16H2,1H3. The van der Waals surface area contributed by atoms with Crippen LogP contribution in [0.2, 0.25) is 5.02 Å². The van der Waals surface area contributed by atoms with Crippen molar-refractivity contribution in [1.29, 1.82) is 0 Å². The van der Waals surface area contributed by atoms with Gasteiger partial charge in [-0.05, 0) is 43.4 Å². The Morgan fingerprint density at radius 3 is 2.49 bits per heavy atom. The van der Waals surface area contributed by atoms with Gasteiger partial charge in [0.2, 0.25) is 15.9 Å². The fourth-order valence-electron chi connectivity index (χ4n) is 4.82. The molecule has 1 unspecified atom stereocenters. The Balaban J connectivity index is 1.61. The molecule has 4 rings (SSSR count). The number of nitrogens with one attached hydrogen (secondary N) is 1. The van der Waals surface area contributed by atoms with E-state index in [9.17, 15) is 23.3 Å². The average Bonchev–Trinajstić information content (AvgIpc) is 3.08. The molecule has 2 aromatic rings. The van der Waals surface area contributed by atoms with Gasteiger partial charge in [-0.3, -0.25) is 20.2 Å². The van der Waals surface area contributed by atoms with Crippen LogP contribution in [-0.2, 0) is 21.4 Å². The highest BCUT2D eigenvalue weighted by molar-refractivity contribution is 7.98. The van der Waals surface area contributed by atoms with Gasteiger partial charge in [0.1, 0.15) is 4.90 Å². The number of carbonyl (C=O) groups is 1. The number of nitro benzene ring substituents is 1. The summed E-state index contributed by atoms with van der Waals surface area (Å²) in [5.41, 5.74) is -0.374. The minimum Gasteiger partial charge on any atom is -0.318 e. The number of nitro groups is 1. The fraction of sp³-hybridized carbons (Fsp3) is 0.435. The maximum Gasteiger partial charge on any atom is 0.274 e. The largest absolute Gasteiger partial charge is 0.318 e. The van der Waals surface area contributed by atoms with E-state index in [0.717, 1.165) is 5.75 Å². The van der Waals surface area contributed by atoms with Crippen molar-refractivity contribution in [3.05, 3.63) is 69.2 Å². The van der Waals surface area contributed by atoms with Crippen LogP contribution in [0.5, 0.6) is 0 Å². The first-order valence-corrected chi connectivity index (χ1v) is 14.5. The fourth-order valence-corrected chi connectivity index (χ4v) is 7.23. The van der Waals surface area contributed by atoms with Gasteiger partial charge in [0.05, 0.1) is 28.2 Å². The van der Waals surface area contributed by atoms with Gasteiger partial charge in [-0.15, -0.1) is 0 Å². The summed E-state index contributed by atoms with van der Waals surface area (Å²) in [6, 6.07) is 12.3. The molecule has 1 N–H and O–H groups in total. The molecular formula is C23H27ClN4O5S2. The van der Waals surface area contributed by atoms with Crippen molar-refractivity contribution in [2.75, 3.05) is 25.1 Å². The Hall–Kier alpha value is -2.18. The number of hydrogen-bond acceptors (Lipinski definition) is 7. The molecule has 12 heteroatoms. The van der Waals surface area contributed by atoms with E-state index in [0.29, 0.717) is 24.8 Å². The molecule has 1 atom stereocenters. The van der Waals surface area contributed by atoms with Crippen LogP contribution >= 0.6 is 23.4 Å². The first-order chi connectivity index (χ1) is 16.7. The summed E-state index contributed by atoms with van der Waals surface area (Å²) >= 11 is 7.80. The van der Waals surface area contributed by atoms with Gasteiger partial charge >= 0.3 is 0 Å². The molecular weight excluding hydrogens is 512 g/mol. The number of thioether (sulfide) groups is 1. The maximum atomic E-state index is 13.4. The minimum atomic E-state index is -3.80. The molecule has 2 aromatic carbocycles. The molecule has 0 bridgehead atoms. The Kier molecular flexibility index (Phi) is 7.72. The number of benzene rings is 2. The molecule has 0 radical (unpaired) electrons. The van der Waals surface area contributed by atoms with Crippen LogP contribution < -0.4 is 5.32 Å². The van der Waals surface area contributed by atoms with E-state index in [2.05, 4.69) is 5.32 Å². The summed E-state index contributed by atoms with van der Waals surface area (Å²) in [7, 11) is -3.80. The average molecular weight is 539 g/mol. The number of carbonyl (C=O) groups excluding carboxylic acids is 1. The smallest absolute Gasteiger partial charge is 0.274 e. The van der Waals surface area contributed by atoms with Gasteiger partial charge in [0, 0.05) is 24.7 Å². The maximum absolute atomic E-state index is 13.4. The Bertz CT molecular complexity index is 1220. The molecule has 2 saturated heterocycles. The Morgan fingerprint density at radius 2 is 1.83 bits per heavy atom. The minimum absolute atomic E-state index is 0.0400. The summed E-state index contributed by atoms with van der Waals surface area (Å²) in [4.78, 5) is 26.3. The van der Waals surface area contributed by atoms with Crippen molar-refractivity contribution < 1.29 is 18.1 Å². The molecule has 0 saturated carbocycles. The van der Waals surface area contributed by atoms with Crippen LogP contribution in [0, 0.1) is 10.1 Å². The van der Waals surface area contributed by atoms with Crippen molar-refractivity contribution >= 4 is 45.0 Å². The number of piperidine rings is 1. The van der Waals surface area contributed by atoms with Crippen LogP contribution in [0.1, 0.15) is 24.8 Å². The molecule has 2 fully saturated rings.